The van der Waals surface area contributed by atoms with Crippen LogP contribution in [0.2, 0.25) is 0 Å². The Kier molecular flexibility index (Phi) is 6.52. The first-order valence-electron chi connectivity index (χ1n) is 8.94. The van der Waals surface area contributed by atoms with Crippen LogP contribution in [0.5, 0.6) is 5.75 Å². The molecule has 1 aromatic carbocycles. The Morgan fingerprint density at radius 2 is 1.23 bits per heavy atom. The Balaban J connectivity index is 3.03. The number of unbranched alkanes of at least 4 members (excludes halogenated alkanes) is 4. The number of phenols is 1. The highest BCUT2D eigenvalue weighted by atomic mass is 16.3. The highest BCUT2D eigenvalue weighted by Gasteiger charge is 2.26. The lowest BCUT2D eigenvalue weighted by Gasteiger charge is -2.28. The van der Waals surface area contributed by atoms with Crippen molar-refractivity contribution in [2.24, 2.45) is 0 Å². The van der Waals surface area contributed by atoms with Crippen LogP contribution < -0.4 is 0 Å². The van der Waals surface area contributed by atoms with Gasteiger partial charge in [0, 0.05) is 0 Å². The normalized spacial score (nSPS) is 12.7. The number of hydrogen-bond acceptors (Lipinski definition) is 1. The molecule has 0 unspecified atom stereocenters. The van der Waals surface area contributed by atoms with Crippen molar-refractivity contribution in [2.45, 2.75) is 97.8 Å². The van der Waals surface area contributed by atoms with Crippen LogP contribution in [-0.2, 0) is 17.3 Å². The quantitative estimate of drug-likeness (QED) is 0.595. The van der Waals surface area contributed by atoms with Crippen LogP contribution in [0.25, 0.3) is 0 Å². The molecule has 0 aliphatic carbocycles. The molecule has 1 nitrogen and oxygen atoms in total. The smallest absolute Gasteiger partial charge is 0.123 e. The second-order valence-electron chi connectivity index (χ2n) is 8.70. The van der Waals surface area contributed by atoms with Crippen LogP contribution in [0.15, 0.2) is 12.1 Å². The van der Waals surface area contributed by atoms with E-state index in [9.17, 15) is 5.11 Å². The molecule has 0 spiro atoms. The van der Waals surface area contributed by atoms with Gasteiger partial charge in [-0.15, -0.1) is 0 Å². The molecule has 0 aliphatic heterocycles. The van der Waals surface area contributed by atoms with Gasteiger partial charge in [-0.2, -0.15) is 0 Å². The van der Waals surface area contributed by atoms with Crippen LogP contribution in [0, 0.1) is 0 Å². The van der Waals surface area contributed by atoms with E-state index in [-0.39, 0.29) is 10.8 Å². The van der Waals surface area contributed by atoms with Gasteiger partial charge >= 0.3 is 0 Å². The van der Waals surface area contributed by atoms with Crippen molar-refractivity contribution in [1.29, 1.82) is 0 Å². The van der Waals surface area contributed by atoms with E-state index in [1.807, 2.05) is 0 Å². The molecule has 1 aromatic rings. The minimum absolute atomic E-state index is 0.0255. The van der Waals surface area contributed by atoms with Crippen molar-refractivity contribution in [3.63, 3.8) is 0 Å². The Labute approximate surface area is 138 Å². The summed E-state index contributed by atoms with van der Waals surface area (Å²) in [5.41, 5.74) is 3.50. The maximum Gasteiger partial charge on any atom is 0.123 e. The lowest BCUT2D eigenvalue weighted by molar-refractivity contribution is 0.422. The summed E-state index contributed by atoms with van der Waals surface area (Å²) in [4.78, 5) is 0. The van der Waals surface area contributed by atoms with E-state index in [4.69, 9.17) is 0 Å². The Bertz CT molecular complexity index is 437. The lowest BCUT2D eigenvalue weighted by Crippen LogP contribution is -2.18. The summed E-state index contributed by atoms with van der Waals surface area (Å²) in [6.07, 6.45) is 7.66. The minimum atomic E-state index is -0.0255. The third-order valence-corrected chi connectivity index (χ3v) is 4.35. The number of rotatable bonds is 6. The fraction of sp³-hybridized carbons (Fsp3) is 0.714. The number of hydrogen-bond donors (Lipinski definition) is 1. The summed E-state index contributed by atoms with van der Waals surface area (Å²) < 4.78 is 0. The first-order chi connectivity index (χ1) is 10.1. The van der Waals surface area contributed by atoms with Crippen molar-refractivity contribution in [2.75, 3.05) is 0 Å². The van der Waals surface area contributed by atoms with Crippen molar-refractivity contribution >= 4 is 0 Å². The molecule has 0 bridgehead atoms. The molecule has 1 rings (SSSR count). The van der Waals surface area contributed by atoms with Gasteiger partial charge in [-0.05, 0) is 40.4 Å². The van der Waals surface area contributed by atoms with E-state index in [1.165, 1.54) is 37.7 Å². The van der Waals surface area contributed by atoms with Gasteiger partial charge in [-0.25, -0.2) is 0 Å². The highest BCUT2D eigenvalue weighted by Crippen LogP contribution is 2.40. The third kappa shape index (κ3) is 5.34. The van der Waals surface area contributed by atoms with E-state index in [1.54, 1.807) is 0 Å². The van der Waals surface area contributed by atoms with E-state index in [0.717, 1.165) is 17.5 Å². The molecule has 1 N–H and O–H groups in total. The molecule has 126 valence electrons. The summed E-state index contributed by atoms with van der Waals surface area (Å²) in [5.74, 6) is 0.495. The predicted octanol–water partition coefficient (Wildman–Crippen LogP) is 6.50. The van der Waals surface area contributed by atoms with E-state index < -0.39 is 0 Å². The van der Waals surface area contributed by atoms with Gasteiger partial charge in [-0.1, -0.05) is 86.3 Å². The SMILES string of the molecule is CCCCCCCc1cc(C(C)(C)C)c(O)c(C(C)(C)C)c1. The van der Waals surface area contributed by atoms with Gasteiger partial charge in [-0.3, -0.25) is 0 Å². The molecule has 0 aromatic heterocycles. The number of phenolic OH excluding ortho intramolecular Hbond substituents is 1. The fourth-order valence-corrected chi connectivity index (χ4v) is 2.91. The summed E-state index contributed by atoms with van der Waals surface area (Å²) in [6, 6.07) is 4.45. The molecule has 1 heteroatoms. The van der Waals surface area contributed by atoms with Gasteiger partial charge < -0.3 is 5.11 Å². The Hall–Kier alpha value is -0.980. The van der Waals surface area contributed by atoms with Crippen LogP contribution in [0.1, 0.15) is 97.3 Å². The maximum atomic E-state index is 10.7. The Morgan fingerprint density at radius 1 is 0.773 bits per heavy atom. The summed E-state index contributed by atoms with van der Waals surface area (Å²) in [5, 5.41) is 10.7. The molecule has 0 aliphatic rings. The van der Waals surface area contributed by atoms with Crippen LogP contribution in [0.4, 0.5) is 0 Å². The number of benzene rings is 1. The first kappa shape index (κ1) is 19.1. The molecule has 0 fully saturated rings. The van der Waals surface area contributed by atoms with Crippen molar-refractivity contribution in [3.05, 3.63) is 28.8 Å². The number of aromatic hydroxyl groups is 1. The zero-order valence-corrected chi connectivity index (χ0v) is 15.8. The summed E-state index contributed by atoms with van der Waals surface area (Å²) >= 11 is 0. The number of aryl methyl sites for hydroxylation is 1. The molecular formula is C21H36O. The largest absolute Gasteiger partial charge is 0.507 e. The molecule has 0 heterocycles. The maximum absolute atomic E-state index is 10.7. The predicted molar refractivity (Wildman–Crippen MR) is 98.0 cm³/mol. The minimum Gasteiger partial charge on any atom is -0.507 e. The fourth-order valence-electron chi connectivity index (χ4n) is 2.91. The molecule has 0 atom stereocenters. The molecule has 0 radical (unpaired) electrons. The van der Waals surface area contributed by atoms with Crippen molar-refractivity contribution in [3.8, 4) is 5.75 Å². The van der Waals surface area contributed by atoms with E-state index in [0.29, 0.717) is 5.75 Å². The molecule has 22 heavy (non-hydrogen) atoms. The monoisotopic (exact) mass is 304 g/mol. The van der Waals surface area contributed by atoms with Gasteiger partial charge in [0.1, 0.15) is 5.75 Å². The molecule has 0 amide bonds. The van der Waals surface area contributed by atoms with Gasteiger partial charge in [0.05, 0.1) is 0 Å². The van der Waals surface area contributed by atoms with Crippen molar-refractivity contribution < 1.29 is 5.11 Å². The Morgan fingerprint density at radius 3 is 1.64 bits per heavy atom. The average molecular weight is 305 g/mol. The molecule has 0 saturated heterocycles. The van der Waals surface area contributed by atoms with E-state index in [2.05, 4.69) is 60.6 Å². The second kappa shape index (κ2) is 7.53. The summed E-state index contributed by atoms with van der Waals surface area (Å²) in [6.45, 7) is 15.3. The first-order valence-corrected chi connectivity index (χ1v) is 8.94. The highest BCUT2D eigenvalue weighted by molar-refractivity contribution is 5.49. The topological polar surface area (TPSA) is 20.2 Å². The van der Waals surface area contributed by atoms with Crippen LogP contribution in [-0.4, -0.2) is 5.11 Å². The summed E-state index contributed by atoms with van der Waals surface area (Å²) in [7, 11) is 0. The second-order valence-corrected chi connectivity index (χ2v) is 8.70. The van der Waals surface area contributed by atoms with Gasteiger partial charge in [0.15, 0.2) is 0 Å². The average Bonchev–Trinajstić information content (AvgIpc) is 2.37. The zero-order chi connectivity index (χ0) is 17.0. The standard InChI is InChI=1S/C21H36O/c1-8-9-10-11-12-13-16-14-17(20(2,3)4)19(22)18(15-16)21(5,6)7/h14-15,22H,8-13H2,1-7H3. The van der Waals surface area contributed by atoms with Crippen molar-refractivity contribution in [1.82, 2.24) is 0 Å². The third-order valence-electron chi connectivity index (χ3n) is 4.35. The van der Waals surface area contributed by atoms with Gasteiger partial charge in [0.25, 0.3) is 0 Å². The van der Waals surface area contributed by atoms with E-state index >= 15 is 0 Å². The molecular weight excluding hydrogens is 268 g/mol. The van der Waals surface area contributed by atoms with Crippen LogP contribution in [0.3, 0.4) is 0 Å². The lowest BCUT2D eigenvalue weighted by atomic mass is 9.78. The van der Waals surface area contributed by atoms with Crippen LogP contribution >= 0.6 is 0 Å². The zero-order valence-electron chi connectivity index (χ0n) is 15.8. The molecule has 0 saturated carbocycles. The van der Waals surface area contributed by atoms with Gasteiger partial charge in [0.2, 0.25) is 0 Å².